The van der Waals surface area contributed by atoms with Crippen molar-refractivity contribution in [1.82, 2.24) is 9.97 Å². The molecule has 2 aromatic rings. The van der Waals surface area contributed by atoms with E-state index in [1.54, 1.807) is 13.3 Å². The van der Waals surface area contributed by atoms with Crippen LogP contribution in [0.1, 0.15) is 32.1 Å². The van der Waals surface area contributed by atoms with Crippen molar-refractivity contribution < 1.29 is 14.9 Å². The summed E-state index contributed by atoms with van der Waals surface area (Å²) in [7, 11) is 1.64. The molecule has 0 bridgehead atoms. The number of aromatic nitrogens is 2. The Hall–Kier alpha value is -2.18. The molecule has 0 unspecified atom stereocenters. The van der Waals surface area contributed by atoms with Crippen LogP contribution in [0.15, 0.2) is 36.5 Å². The van der Waals surface area contributed by atoms with E-state index in [4.69, 9.17) is 9.72 Å². The first kappa shape index (κ1) is 18.2. The van der Waals surface area contributed by atoms with Gasteiger partial charge in [0.15, 0.2) is 5.82 Å². The largest absolute Gasteiger partial charge is 0.497 e. The van der Waals surface area contributed by atoms with Gasteiger partial charge in [0, 0.05) is 24.8 Å². The van der Waals surface area contributed by atoms with Gasteiger partial charge in [0.05, 0.1) is 19.3 Å². The molecule has 144 valence electrons. The quantitative estimate of drug-likeness (QED) is 0.866. The summed E-state index contributed by atoms with van der Waals surface area (Å²) in [5, 5.41) is 20.8. The summed E-state index contributed by atoms with van der Waals surface area (Å²) in [6.07, 6.45) is 5.58. The Bertz CT molecular complexity index is 774. The van der Waals surface area contributed by atoms with Crippen LogP contribution in [-0.2, 0) is 0 Å². The Morgan fingerprint density at radius 3 is 2.52 bits per heavy atom. The highest BCUT2D eigenvalue weighted by Crippen LogP contribution is 2.45. The minimum Gasteiger partial charge on any atom is -0.497 e. The molecule has 2 fully saturated rings. The number of anilines is 1. The first-order chi connectivity index (χ1) is 13.1. The maximum atomic E-state index is 10.4. The van der Waals surface area contributed by atoms with Crippen LogP contribution in [0.3, 0.4) is 0 Å². The van der Waals surface area contributed by atoms with Crippen LogP contribution in [0, 0.1) is 5.41 Å². The molecule has 2 heterocycles. The van der Waals surface area contributed by atoms with Crippen LogP contribution in [0.2, 0.25) is 0 Å². The summed E-state index contributed by atoms with van der Waals surface area (Å²) in [5.41, 5.74) is 0.992. The molecule has 1 saturated carbocycles. The summed E-state index contributed by atoms with van der Waals surface area (Å²) in [6, 6.07) is 9.56. The summed E-state index contributed by atoms with van der Waals surface area (Å²) in [6.45, 7) is 1.21. The Balaban J connectivity index is 1.63. The second-order valence-corrected chi connectivity index (χ2v) is 7.89. The van der Waals surface area contributed by atoms with E-state index in [2.05, 4.69) is 9.88 Å². The molecule has 2 N–H and O–H groups in total. The highest BCUT2D eigenvalue weighted by Gasteiger charge is 2.42. The SMILES string of the molecule is COc1ccc(-c2nccc(N3C[C@@H](O)[C@@H](O)CC4(CCCC4)C3)n2)cc1. The Labute approximate surface area is 159 Å². The van der Waals surface area contributed by atoms with E-state index in [1.807, 2.05) is 30.3 Å². The van der Waals surface area contributed by atoms with E-state index in [-0.39, 0.29) is 5.41 Å². The standard InChI is InChI=1S/C21H27N3O3/c1-27-16-6-4-15(5-7-16)20-22-11-8-19(23-20)24-13-18(26)17(25)12-21(14-24)9-2-3-10-21/h4-8,11,17-18,25-26H,2-3,9-10,12-14H2,1H3/t17-,18+/m0/s1. The Morgan fingerprint density at radius 2 is 1.81 bits per heavy atom. The average Bonchev–Trinajstić information content (AvgIpc) is 3.10. The van der Waals surface area contributed by atoms with Crippen molar-refractivity contribution in [3.63, 3.8) is 0 Å². The topological polar surface area (TPSA) is 78.7 Å². The summed E-state index contributed by atoms with van der Waals surface area (Å²) >= 11 is 0. The molecule has 1 aromatic heterocycles. The van der Waals surface area contributed by atoms with E-state index in [1.165, 1.54) is 12.8 Å². The van der Waals surface area contributed by atoms with Crippen LogP contribution in [0.25, 0.3) is 11.4 Å². The molecule has 0 radical (unpaired) electrons. The summed E-state index contributed by atoms with van der Waals surface area (Å²) < 4.78 is 5.21. The van der Waals surface area contributed by atoms with Crippen LogP contribution in [0.4, 0.5) is 5.82 Å². The fourth-order valence-electron chi connectivity index (χ4n) is 4.53. The molecule has 1 aliphatic heterocycles. The Kier molecular flexibility index (Phi) is 5.02. The number of benzene rings is 1. The van der Waals surface area contributed by atoms with Gasteiger partial charge in [0.25, 0.3) is 0 Å². The number of hydrogen-bond acceptors (Lipinski definition) is 6. The fourth-order valence-corrected chi connectivity index (χ4v) is 4.53. The highest BCUT2D eigenvalue weighted by molar-refractivity contribution is 5.58. The van der Waals surface area contributed by atoms with Gasteiger partial charge in [-0.2, -0.15) is 0 Å². The zero-order valence-corrected chi connectivity index (χ0v) is 15.7. The number of hydrogen-bond donors (Lipinski definition) is 2. The van der Waals surface area contributed by atoms with Crippen LogP contribution < -0.4 is 9.64 Å². The molecule has 0 amide bonds. The van der Waals surface area contributed by atoms with Crippen molar-refractivity contribution >= 4 is 5.82 Å². The van der Waals surface area contributed by atoms with Crippen molar-refractivity contribution in [3.8, 4) is 17.1 Å². The number of rotatable bonds is 3. The smallest absolute Gasteiger partial charge is 0.161 e. The molecule has 27 heavy (non-hydrogen) atoms. The lowest BCUT2D eigenvalue weighted by Gasteiger charge is -2.33. The molecule has 1 spiro atoms. The molecule has 6 heteroatoms. The third-order valence-corrected chi connectivity index (χ3v) is 6.00. The molecule has 2 atom stereocenters. The lowest BCUT2D eigenvalue weighted by Crippen LogP contribution is -2.38. The summed E-state index contributed by atoms with van der Waals surface area (Å²) in [4.78, 5) is 11.3. The van der Waals surface area contributed by atoms with Crippen molar-refractivity contribution in [2.45, 2.75) is 44.3 Å². The van der Waals surface area contributed by atoms with Crippen molar-refractivity contribution in [2.75, 3.05) is 25.1 Å². The van der Waals surface area contributed by atoms with Crippen molar-refractivity contribution in [2.24, 2.45) is 5.41 Å². The molecule has 1 saturated heterocycles. The number of β-amino-alcohol motifs (C(OH)–C–C–N with tert-alkyl or cyclic N) is 1. The first-order valence-electron chi connectivity index (χ1n) is 9.67. The number of aliphatic hydroxyl groups excluding tert-OH is 2. The fraction of sp³-hybridized carbons (Fsp3) is 0.524. The van der Waals surface area contributed by atoms with Gasteiger partial charge in [-0.1, -0.05) is 12.8 Å². The van der Waals surface area contributed by atoms with E-state index >= 15 is 0 Å². The third-order valence-electron chi connectivity index (χ3n) is 6.00. The highest BCUT2D eigenvalue weighted by atomic mass is 16.5. The molecule has 2 aliphatic rings. The lowest BCUT2D eigenvalue weighted by molar-refractivity contribution is 0.00689. The summed E-state index contributed by atoms with van der Waals surface area (Å²) in [5.74, 6) is 2.24. The predicted octanol–water partition coefficient (Wildman–Crippen LogP) is 2.64. The monoisotopic (exact) mass is 369 g/mol. The van der Waals surface area contributed by atoms with Crippen LogP contribution >= 0.6 is 0 Å². The average molecular weight is 369 g/mol. The van der Waals surface area contributed by atoms with Gasteiger partial charge in [-0.25, -0.2) is 9.97 Å². The predicted molar refractivity (Wildman–Crippen MR) is 104 cm³/mol. The van der Waals surface area contributed by atoms with Crippen molar-refractivity contribution in [3.05, 3.63) is 36.5 Å². The zero-order valence-electron chi connectivity index (χ0n) is 15.7. The second-order valence-electron chi connectivity index (χ2n) is 7.89. The van der Waals surface area contributed by atoms with Crippen LogP contribution in [0.5, 0.6) is 5.75 Å². The second kappa shape index (κ2) is 7.44. The Morgan fingerprint density at radius 1 is 1.07 bits per heavy atom. The molecule has 6 nitrogen and oxygen atoms in total. The molecular weight excluding hydrogens is 342 g/mol. The zero-order chi connectivity index (χ0) is 18.9. The van der Waals surface area contributed by atoms with Crippen LogP contribution in [-0.4, -0.2) is 52.6 Å². The molecule has 1 aliphatic carbocycles. The number of aliphatic hydroxyl groups is 2. The van der Waals surface area contributed by atoms with E-state index in [0.717, 1.165) is 36.5 Å². The minimum atomic E-state index is -0.760. The molecular formula is C21H27N3O3. The normalized spacial score (nSPS) is 24.8. The minimum absolute atomic E-state index is 0.0716. The van der Waals surface area contributed by atoms with Gasteiger partial charge in [0.2, 0.25) is 0 Å². The van der Waals surface area contributed by atoms with Gasteiger partial charge in [-0.05, 0) is 55.0 Å². The molecule has 4 rings (SSSR count). The first-order valence-corrected chi connectivity index (χ1v) is 9.67. The maximum Gasteiger partial charge on any atom is 0.161 e. The number of nitrogens with zero attached hydrogens (tertiary/aromatic N) is 3. The lowest BCUT2D eigenvalue weighted by atomic mass is 9.80. The molecule has 1 aromatic carbocycles. The van der Waals surface area contributed by atoms with Crippen molar-refractivity contribution in [1.29, 1.82) is 0 Å². The maximum absolute atomic E-state index is 10.4. The van der Waals surface area contributed by atoms with Gasteiger partial charge in [-0.3, -0.25) is 0 Å². The van der Waals surface area contributed by atoms with Gasteiger partial charge >= 0.3 is 0 Å². The van der Waals surface area contributed by atoms with E-state index in [0.29, 0.717) is 18.8 Å². The number of methoxy groups -OCH3 is 1. The van der Waals surface area contributed by atoms with Gasteiger partial charge < -0.3 is 19.8 Å². The van der Waals surface area contributed by atoms with E-state index in [9.17, 15) is 10.2 Å². The third kappa shape index (κ3) is 3.77. The van der Waals surface area contributed by atoms with E-state index < -0.39 is 12.2 Å². The van der Waals surface area contributed by atoms with Gasteiger partial charge in [-0.15, -0.1) is 0 Å². The van der Waals surface area contributed by atoms with Gasteiger partial charge in [0.1, 0.15) is 11.6 Å². The number of ether oxygens (including phenoxy) is 1.